The van der Waals surface area contributed by atoms with Crippen LogP contribution in [-0.2, 0) is 6.42 Å². The summed E-state index contributed by atoms with van der Waals surface area (Å²) in [5.74, 6) is -0.644. The van der Waals surface area contributed by atoms with E-state index in [4.69, 9.17) is 14.9 Å². The van der Waals surface area contributed by atoms with Crippen molar-refractivity contribution in [2.45, 2.75) is 6.42 Å². The average Bonchev–Trinajstić information content (AvgIpc) is 2.41. The largest absolute Gasteiger partial charge is 0.477 e. The number of ether oxygens (including phenoxy) is 1. The zero-order valence-electron chi connectivity index (χ0n) is 9.98. The van der Waals surface area contributed by atoms with Gasteiger partial charge in [0.15, 0.2) is 5.69 Å². The minimum absolute atomic E-state index is 0.00358. The second-order valence-corrected chi connectivity index (χ2v) is 3.71. The highest BCUT2D eigenvalue weighted by molar-refractivity contribution is 5.85. The van der Waals surface area contributed by atoms with Crippen molar-refractivity contribution in [3.05, 3.63) is 47.8 Å². The molecular formula is C13H12N2O4. The Kier molecular flexibility index (Phi) is 4.04. The third-order valence-corrected chi connectivity index (χ3v) is 2.41. The molecule has 2 rings (SSSR count). The van der Waals surface area contributed by atoms with E-state index in [1.54, 1.807) is 12.1 Å². The maximum absolute atomic E-state index is 10.8. The lowest BCUT2D eigenvalue weighted by Crippen LogP contribution is -2.03. The van der Waals surface area contributed by atoms with Gasteiger partial charge in [0.1, 0.15) is 5.75 Å². The number of carboxylic acids is 1. The van der Waals surface area contributed by atoms with Crippen molar-refractivity contribution in [3.63, 3.8) is 0 Å². The van der Waals surface area contributed by atoms with Crippen molar-refractivity contribution in [3.8, 4) is 11.8 Å². The third kappa shape index (κ3) is 3.26. The molecule has 1 heterocycles. The van der Waals surface area contributed by atoms with Gasteiger partial charge in [-0.1, -0.05) is 18.2 Å². The van der Waals surface area contributed by atoms with E-state index >= 15 is 0 Å². The molecule has 0 saturated carbocycles. The van der Waals surface area contributed by atoms with Crippen LogP contribution in [0.25, 0.3) is 0 Å². The number of carbonyl (C=O) groups is 1. The molecule has 0 unspecified atom stereocenters. The van der Waals surface area contributed by atoms with E-state index in [0.717, 1.165) is 5.56 Å². The number of benzene rings is 1. The number of para-hydroxylation sites is 1. The first-order chi connectivity index (χ1) is 9.20. The molecule has 0 atom stereocenters. The van der Waals surface area contributed by atoms with Gasteiger partial charge in [-0.2, -0.15) is 4.98 Å². The lowest BCUT2D eigenvalue weighted by atomic mass is 10.1. The molecule has 2 N–H and O–H groups in total. The van der Waals surface area contributed by atoms with E-state index in [1.165, 1.54) is 12.3 Å². The monoisotopic (exact) mass is 260 g/mol. The Bertz CT molecular complexity index is 586. The molecule has 0 bridgehead atoms. The first-order valence-corrected chi connectivity index (χ1v) is 5.63. The maximum Gasteiger partial charge on any atom is 0.354 e. The summed E-state index contributed by atoms with van der Waals surface area (Å²) in [6.07, 6.45) is 1.76. The second kappa shape index (κ2) is 5.92. The van der Waals surface area contributed by atoms with Crippen molar-refractivity contribution in [2.75, 3.05) is 6.61 Å². The van der Waals surface area contributed by atoms with Crippen LogP contribution in [0, 0.1) is 0 Å². The fourth-order valence-corrected chi connectivity index (χ4v) is 1.54. The predicted octanol–water partition coefficient (Wildman–Crippen LogP) is 1.50. The van der Waals surface area contributed by atoms with Crippen LogP contribution in [0.1, 0.15) is 16.1 Å². The van der Waals surface area contributed by atoms with E-state index in [-0.39, 0.29) is 18.3 Å². The van der Waals surface area contributed by atoms with Gasteiger partial charge in [-0.25, -0.2) is 9.78 Å². The van der Waals surface area contributed by atoms with E-state index in [9.17, 15) is 4.79 Å². The molecule has 0 fully saturated rings. The van der Waals surface area contributed by atoms with E-state index < -0.39 is 5.97 Å². The first kappa shape index (κ1) is 13.0. The number of aromatic carboxylic acids is 1. The van der Waals surface area contributed by atoms with Crippen molar-refractivity contribution in [1.29, 1.82) is 0 Å². The summed E-state index contributed by atoms with van der Waals surface area (Å²) in [6.45, 7) is -0.00358. The van der Waals surface area contributed by atoms with Gasteiger partial charge in [0, 0.05) is 12.8 Å². The fraction of sp³-hybridized carbons (Fsp3) is 0.154. The van der Waals surface area contributed by atoms with Gasteiger partial charge >= 0.3 is 12.0 Å². The molecule has 2 aromatic rings. The van der Waals surface area contributed by atoms with Gasteiger partial charge in [0.25, 0.3) is 0 Å². The highest BCUT2D eigenvalue weighted by atomic mass is 16.5. The Morgan fingerprint density at radius 3 is 2.79 bits per heavy atom. The molecule has 1 aromatic carbocycles. The van der Waals surface area contributed by atoms with Crippen LogP contribution in [0.2, 0.25) is 0 Å². The molecular weight excluding hydrogens is 248 g/mol. The predicted molar refractivity (Wildman–Crippen MR) is 66.3 cm³/mol. The molecule has 0 radical (unpaired) electrons. The standard InChI is InChI=1S/C13H12N2O4/c16-8-6-9-3-1-2-4-11(9)19-13-14-7-5-10(15-13)12(17)18/h1-5,7,16H,6,8H2,(H,17,18). The van der Waals surface area contributed by atoms with Gasteiger partial charge in [0.2, 0.25) is 0 Å². The van der Waals surface area contributed by atoms with Gasteiger partial charge in [-0.3, -0.25) is 0 Å². The van der Waals surface area contributed by atoms with Crippen molar-refractivity contribution >= 4 is 5.97 Å². The maximum atomic E-state index is 10.8. The summed E-state index contributed by atoms with van der Waals surface area (Å²) in [5.41, 5.74) is 0.666. The summed E-state index contributed by atoms with van der Waals surface area (Å²) in [5, 5.41) is 17.8. The van der Waals surface area contributed by atoms with Crippen LogP contribution in [0.4, 0.5) is 0 Å². The zero-order valence-corrected chi connectivity index (χ0v) is 9.98. The molecule has 0 aliphatic heterocycles. The van der Waals surface area contributed by atoms with Crippen molar-refractivity contribution < 1.29 is 19.7 Å². The van der Waals surface area contributed by atoms with Crippen LogP contribution >= 0.6 is 0 Å². The van der Waals surface area contributed by atoms with Crippen molar-refractivity contribution in [2.24, 2.45) is 0 Å². The minimum atomic E-state index is -1.14. The number of carboxylic acid groups (broad SMARTS) is 1. The van der Waals surface area contributed by atoms with Gasteiger partial charge in [-0.05, 0) is 24.1 Å². The molecule has 1 aromatic heterocycles. The molecule has 98 valence electrons. The Hall–Kier alpha value is -2.47. The highest BCUT2D eigenvalue weighted by Gasteiger charge is 2.09. The lowest BCUT2D eigenvalue weighted by molar-refractivity contribution is 0.0689. The average molecular weight is 260 g/mol. The zero-order chi connectivity index (χ0) is 13.7. The number of aromatic nitrogens is 2. The lowest BCUT2D eigenvalue weighted by Gasteiger charge is -2.08. The number of nitrogens with zero attached hydrogens (tertiary/aromatic N) is 2. The minimum Gasteiger partial charge on any atom is -0.477 e. The van der Waals surface area contributed by atoms with E-state index in [1.807, 2.05) is 12.1 Å². The van der Waals surface area contributed by atoms with Crippen LogP contribution in [-0.4, -0.2) is 32.8 Å². The van der Waals surface area contributed by atoms with Crippen LogP contribution in [0.15, 0.2) is 36.5 Å². The second-order valence-electron chi connectivity index (χ2n) is 3.71. The molecule has 0 aliphatic carbocycles. The number of hydrogen-bond acceptors (Lipinski definition) is 5. The van der Waals surface area contributed by atoms with Crippen LogP contribution < -0.4 is 4.74 Å². The summed E-state index contributed by atoms with van der Waals surface area (Å²) < 4.78 is 5.46. The molecule has 6 nitrogen and oxygen atoms in total. The molecule has 0 spiro atoms. The molecule has 19 heavy (non-hydrogen) atoms. The number of aliphatic hydroxyl groups is 1. The SMILES string of the molecule is O=C(O)c1ccnc(Oc2ccccc2CCO)n1. The smallest absolute Gasteiger partial charge is 0.354 e. The van der Waals surface area contributed by atoms with Crippen LogP contribution in [0.5, 0.6) is 11.8 Å². The number of rotatable bonds is 5. The van der Waals surface area contributed by atoms with Crippen LogP contribution in [0.3, 0.4) is 0 Å². The quantitative estimate of drug-likeness (QED) is 0.846. The molecule has 0 amide bonds. The van der Waals surface area contributed by atoms with Gasteiger partial charge < -0.3 is 14.9 Å². The Morgan fingerprint density at radius 1 is 1.26 bits per heavy atom. The summed E-state index contributed by atoms with van der Waals surface area (Å²) in [7, 11) is 0. The van der Waals surface area contributed by atoms with E-state index in [0.29, 0.717) is 12.2 Å². The Morgan fingerprint density at radius 2 is 2.05 bits per heavy atom. The Labute approximate surface area is 109 Å². The summed E-state index contributed by atoms with van der Waals surface area (Å²) in [4.78, 5) is 18.4. The summed E-state index contributed by atoms with van der Waals surface area (Å²) in [6, 6.07) is 8.37. The van der Waals surface area contributed by atoms with Crippen molar-refractivity contribution in [1.82, 2.24) is 9.97 Å². The topological polar surface area (TPSA) is 92.5 Å². The third-order valence-electron chi connectivity index (χ3n) is 2.41. The molecule has 6 heteroatoms. The first-order valence-electron chi connectivity index (χ1n) is 5.63. The number of aliphatic hydroxyl groups excluding tert-OH is 1. The fourth-order valence-electron chi connectivity index (χ4n) is 1.54. The van der Waals surface area contributed by atoms with E-state index in [2.05, 4.69) is 9.97 Å². The normalized spacial score (nSPS) is 10.2. The molecule has 0 saturated heterocycles. The summed E-state index contributed by atoms with van der Waals surface area (Å²) >= 11 is 0. The van der Waals surface area contributed by atoms with Gasteiger partial charge in [-0.15, -0.1) is 0 Å². The highest BCUT2D eigenvalue weighted by Crippen LogP contribution is 2.23. The number of hydrogen-bond donors (Lipinski definition) is 2. The Balaban J connectivity index is 2.26. The molecule has 0 aliphatic rings. The van der Waals surface area contributed by atoms with Gasteiger partial charge in [0.05, 0.1) is 0 Å².